The summed E-state index contributed by atoms with van der Waals surface area (Å²) in [6.45, 7) is 1.73. The Hall–Kier alpha value is -1.36. The van der Waals surface area contributed by atoms with Gasteiger partial charge in [0.25, 0.3) is 5.92 Å². The average Bonchev–Trinajstić information content (AvgIpc) is 2.86. The van der Waals surface area contributed by atoms with Gasteiger partial charge in [-0.2, -0.15) is 0 Å². The Morgan fingerprint density at radius 1 is 1.26 bits per heavy atom. The molecule has 2 heterocycles. The van der Waals surface area contributed by atoms with Crippen LogP contribution in [0.4, 0.5) is 8.78 Å². The van der Waals surface area contributed by atoms with Crippen molar-refractivity contribution in [3.05, 3.63) is 23.8 Å². The maximum absolute atomic E-state index is 14.3. The van der Waals surface area contributed by atoms with Crippen LogP contribution < -0.4 is 14.8 Å². The predicted molar refractivity (Wildman–Crippen MR) is 66.7 cm³/mol. The Morgan fingerprint density at radius 3 is 2.89 bits per heavy atom. The Labute approximate surface area is 110 Å². The number of nitrogens with one attached hydrogen (secondary N) is 1. The maximum atomic E-state index is 14.3. The van der Waals surface area contributed by atoms with Crippen molar-refractivity contribution in [1.82, 2.24) is 5.32 Å². The highest BCUT2D eigenvalue weighted by Crippen LogP contribution is 2.41. The van der Waals surface area contributed by atoms with E-state index in [1.165, 1.54) is 12.1 Å². The molecule has 0 aliphatic carbocycles. The number of hydrogen-bond donors (Lipinski definition) is 1. The SMILES string of the molecule is FC(F)(CC1CCCNC1)c1ccc2c(c1)OCO2. The summed E-state index contributed by atoms with van der Waals surface area (Å²) in [4.78, 5) is 0. The molecule has 0 bridgehead atoms. The minimum absolute atomic E-state index is 0.0160. The van der Waals surface area contributed by atoms with Crippen LogP contribution in [0.3, 0.4) is 0 Å². The van der Waals surface area contributed by atoms with Gasteiger partial charge in [-0.3, -0.25) is 0 Å². The molecular formula is C14H17F2NO2. The lowest BCUT2D eigenvalue weighted by atomic mass is 9.90. The summed E-state index contributed by atoms with van der Waals surface area (Å²) >= 11 is 0. The molecule has 1 aromatic rings. The van der Waals surface area contributed by atoms with Crippen molar-refractivity contribution in [1.29, 1.82) is 0 Å². The van der Waals surface area contributed by atoms with Crippen LogP contribution in [0.15, 0.2) is 18.2 Å². The van der Waals surface area contributed by atoms with Gasteiger partial charge in [0, 0.05) is 12.0 Å². The summed E-state index contributed by atoms with van der Waals surface area (Å²) in [5, 5.41) is 3.17. The monoisotopic (exact) mass is 269 g/mol. The molecule has 0 aromatic heterocycles. The first-order valence-corrected chi connectivity index (χ1v) is 6.64. The van der Waals surface area contributed by atoms with E-state index in [0.29, 0.717) is 18.0 Å². The first kappa shape index (κ1) is 12.7. The van der Waals surface area contributed by atoms with Gasteiger partial charge in [-0.25, -0.2) is 8.78 Å². The molecule has 3 rings (SSSR count). The minimum atomic E-state index is -2.81. The van der Waals surface area contributed by atoms with Crippen LogP contribution in [-0.2, 0) is 5.92 Å². The quantitative estimate of drug-likeness (QED) is 0.915. The largest absolute Gasteiger partial charge is 0.454 e. The van der Waals surface area contributed by atoms with Gasteiger partial charge in [-0.15, -0.1) is 0 Å². The molecule has 1 N–H and O–H groups in total. The fraction of sp³-hybridized carbons (Fsp3) is 0.571. The first-order chi connectivity index (χ1) is 9.15. The van der Waals surface area contributed by atoms with Crippen LogP contribution in [0.2, 0.25) is 0 Å². The fourth-order valence-corrected chi connectivity index (χ4v) is 2.70. The molecule has 3 nitrogen and oxygen atoms in total. The van der Waals surface area contributed by atoms with Crippen LogP contribution in [0.5, 0.6) is 11.5 Å². The van der Waals surface area contributed by atoms with Crippen molar-refractivity contribution in [2.24, 2.45) is 5.92 Å². The third-order valence-corrected chi connectivity index (χ3v) is 3.74. The van der Waals surface area contributed by atoms with Crippen molar-refractivity contribution >= 4 is 0 Å². The zero-order valence-electron chi connectivity index (χ0n) is 10.6. The molecule has 0 saturated carbocycles. The second-order valence-corrected chi connectivity index (χ2v) is 5.19. The summed E-state index contributed by atoms with van der Waals surface area (Å²) < 4.78 is 38.9. The molecule has 1 unspecified atom stereocenters. The van der Waals surface area contributed by atoms with Gasteiger partial charge in [0.05, 0.1) is 0 Å². The number of halogens is 2. The van der Waals surface area contributed by atoms with Crippen LogP contribution in [-0.4, -0.2) is 19.9 Å². The van der Waals surface area contributed by atoms with E-state index in [4.69, 9.17) is 9.47 Å². The van der Waals surface area contributed by atoms with Gasteiger partial charge < -0.3 is 14.8 Å². The summed E-state index contributed by atoms with van der Waals surface area (Å²) in [7, 11) is 0. The smallest absolute Gasteiger partial charge is 0.273 e. The van der Waals surface area contributed by atoms with Crippen LogP contribution in [0, 0.1) is 5.92 Å². The lowest BCUT2D eigenvalue weighted by Crippen LogP contribution is -2.33. The van der Waals surface area contributed by atoms with E-state index in [1.807, 2.05) is 0 Å². The third-order valence-electron chi connectivity index (χ3n) is 3.74. The molecule has 0 spiro atoms. The molecule has 0 amide bonds. The molecule has 1 atom stereocenters. The van der Waals surface area contributed by atoms with Crippen molar-refractivity contribution in [3.63, 3.8) is 0 Å². The maximum Gasteiger partial charge on any atom is 0.273 e. The van der Waals surface area contributed by atoms with E-state index in [0.717, 1.165) is 19.4 Å². The molecule has 1 aromatic carbocycles. The van der Waals surface area contributed by atoms with Gasteiger partial charge in [0.15, 0.2) is 11.5 Å². The first-order valence-electron chi connectivity index (χ1n) is 6.64. The number of ether oxygens (including phenoxy) is 2. The molecule has 19 heavy (non-hydrogen) atoms. The normalized spacial score (nSPS) is 22.5. The van der Waals surface area contributed by atoms with E-state index in [9.17, 15) is 8.78 Å². The van der Waals surface area contributed by atoms with Gasteiger partial charge in [0.2, 0.25) is 6.79 Å². The number of benzene rings is 1. The van der Waals surface area contributed by atoms with Gasteiger partial charge >= 0.3 is 0 Å². The Kier molecular flexibility index (Phi) is 3.31. The van der Waals surface area contributed by atoms with E-state index in [1.54, 1.807) is 6.07 Å². The molecule has 0 radical (unpaired) electrons. The fourth-order valence-electron chi connectivity index (χ4n) is 2.70. The third kappa shape index (κ3) is 2.66. The number of rotatable bonds is 3. The standard InChI is InChI=1S/C14H17F2NO2/c15-14(16,7-10-2-1-5-17-8-10)11-3-4-12-13(6-11)19-9-18-12/h3-4,6,10,17H,1-2,5,7-9H2. The molecule has 1 saturated heterocycles. The van der Waals surface area contributed by atoms with Crippen LogP contribution >= 0.6 is 0 Å². The topological polar surface area (TPSA) is 30.5 Å². The lowest BCUT2D eigenvalue weighted by molar-refractivity contribution is -0.0318. The second-order valence-electron chi connectivity index (χ2n) is 5.19. The van der Waals surface area contributed by atoms with Crippen molar-refractivity contribution < 1.29 is 18.3 Å². The van der Waals surface area contributed by atoms with E-state index >= 15 is 0 Å². The summed E-state index contributed by atoms with van der Waals surface area (Å²) in [5.41, 5.74) is 0.0160. The van der Waals surface area contributed by atoms with Gasteiger partial charge in [-0.1, -0.05) is 0 Å². The minimum Gasteiger partial charge on any atom is -0.454 e. The highest BCUT2D eigenvalue weighted by molar-refractivity contribution is 5.45. The van der Waals surface area contributed by atoms with Crippen molar-refractivity contribution in [3.8, 4) is 11.5 Å². The second kappa shape index (κ2) is 4.96. The molecule has 104 valence electrons. The zero-order chi connectivity index (χ0) is 13.3. The van der Waals surface area contributed by atoms with Crippen molar-refractivity contribution in [2.75, 3.05) is 19.9 Å². The Morgan fingerprint density at radius 2 is 2.11 bits per heavy atom. The number of fused-ring (bicyclic) bond motifs is 1. The molecular weight excluding hydrogens is 252 g/mol. The highest BCUT2D eigenvalue weighted by Gasteiger charge is 2.36. The van der Waals surface area contributed by atoms with Gasteiger partial charge in [-0.05, 0) is 50.0 Å². The Balaban J connectivity index is 1.75. The molecule has 2 aliphatic rings. The zero-order valence-corrected chi connectivity index (χ0v) is 10.6. The Bertz CT molecular complexity index is 459. The number of piperidine rings is 1. The summed E-state index contributed by atoms with van der Waals surface area (Å²) in [5.74, 6) is -1.82. The molecule has 2 aliphatic heterocycles. The van der Waals surface area contributed by atoms with E-state index < -0.39 is 5.92 Å². The number of alkyl halides is 2. The lowest BCUT2D eigenvalue weighted by Gasteiger charge is -2.27. The van der Waals surface area contributed by atoms with E-state index in [-0.39, 0.29) is 24.7 Å². The van der Waals surface area contributed by atoms with Crippen LogP contribution in [0.25, 0.3) is 0 Å². The molecule has 1 fully saturated rings. The summed E-state index contributed by atoms with van der Waals surface area (Å²) in [6.07, 6.45) is 1.73. The van der Waals surface area contributed by atoms with Gasteiger partial charge in [0.1, 0.15) is 0 Å². The van der Waals surface area contributed by atoms with Crippen molar-refractivity contribution in [2.45, 2.75) is 25.2 Å². The predicted octanol–water partition coefficient (Wildman–Crippen LogP) is 2.90. The van der Waals surface area contributed by atoms with Crippen LogP contribution in [0.1, 0.15) is 24.8 Å². The average molecular weight is 269 g/mol. The molecule has 5 heteroatoms. The summed E-state index contributed by atoms with van der Waals surface area (Å²) in [6, 6.07) is 4.40. The number of hydrogen-bond acceptors (Lipinski definition) is 3. The highest BCUT2D eigenvalue weighted by atomic mass is 19.3. The van der Waals surface area contributed by atoms with E-state index in [2.05, 4.69) is 5.32 Å².